The Morgan fingerprint density at radius 2 is 1.31 bits per heavy atom. The number of hydrogen-bond acceptors (Lipinski definition) is 5. The third-order valence-corrected chi connectivity index (χ3v) is 4.46. The fourth-order valence-electron chi connectivity index (χ4n) is 2.80. The lowest BCUT2D eigenvalue weighted by molar-refractivity contribution is -0.146. The molecule has 3 rings (SSSR count). The first-order valence-corrected chi connectivity index (χ1v) is 8.99. The number of esters is 1. The maximum atomic E-state index is 13.0. The maximum Gasteiger partial charge on any atom is 0.315 e. The van der Waals surface area contributed by atoms with Crippen molar-refractivity contribution in [1.29, 1.82) is 0 Å². The van der Waals surface area contributed by atoms with Crippen LogP contribution in [0.5, 0.6) is 23.0 Å². The summed E-state index contributed by atoms with van der Waals surface area (Å²) in [5, 5.41) is 0. The van der Waals surface area contributed by atoms with Crippen LogP contribution in [0.1, 0.15) is 19.4 Å². The van der Waals surface area contributed by atoms with Gasteiger partial charge in [-0.1, -0.05) is 12.1 Å². The summed E-state index contributed by atoms with van der Waals surface area (Å²) in [6, 6.07) is 17.9. The average Bonchev–Trinajstić information content (AvgIpc) is 2.69. The molecule has 0 atom stereocenters. The highest BCUT2D eigenvalue weighted by Gasteiger charge is 2.30. The van der Waals surface area contributed by atoms with Crippen LogP contribution in [-0.2, 0) is 14.9 Å². The molecule has 0 saturated heterocycles. The highest BCUT2D eigenvalue weighted by Crippen LogP contribution is 2.32. The molecular weight excluding hydrogens is 373 g/mol. The monoisotopic (exact) mass is 395 g/mol. The molecule has 0 bridgehead atoms. The summed E-state index contributed by atoms with van der Waals surface area (Å²) in [5.74, 6) is 1.36. The molecule has 3 aromatic carbocycles. The summed E-state index contributed by atoms with van der Waals surface area (Å²) < 4.78 is 29.5. The fraction of sp³-hybridized carbons (Fsp3) is 0.174. The van der Waals surface area contributed by atoms with Gasteiger partial charge >= 0.3 is 5.97 Å². The molecule has 29 heavy (non-hydrogen) atoms. The number of hydrogen-bond donors (Lipinski definition) is 1. The first kappa shape index (κ1) is 20.2. The second-order valence-electron chi connectivity index (χ2n) is 7.04. The molecule has 0 unspecified atom stereocenters. The molecule has 0 saturated carbocycles. The van der Waals surface area contributed by atoms with Crippen LogP contribution in [0, 0.1) is 5.82 Å². The minimum absolute atomic E-state index is 0.315. The Balaban J connectivity index is 1.77. The number of carbonyl (C=O) groups excluding carboxylic acids is 1. The minimum atomic E-state index is -0.763. The number of ether oxygens (including phenoxy) is 3. The van der Waals surface area contributed by atoms with E-state index in [9.17, 15) is 9.18 Å². The first-order chi connectivity index (χ1) is 13.8. The van der Waals surface area contributed by atoms with Gasteiger partial charge in [-0.15, -0.1) is 0 Å². The van der Waals surface area contributed by atoms with E-state index in [2.05, 4.69) is 0 Å². The zero-order valence-electron chi connectivity index (χ0n) is 16.4. The van der Waals surface area contributed by atoms with Crippen molar-refractivity contribution in [1.82, 2.24) is 0 Å². The van der Waals surface area contributed by atoms with E-state index in [4.69, 9.17) is 19.9 Å². The van der Waals surface area contributed by atoms with Crippen molar-refractivity contribution in [3.05, 3.63) is 78.1 Å². The molecule has 0 aliphatic heterocycles. The largest absolute Gasteiger partial charge is 0.468 e. The number of rotatable bonds is 6. The Hall–Kier alpha value is -3.54. The molecule has 150 valence electrons. The zero-order chi connectivity index (χ0) is 21.0. The topological polar surface area (TPSA) is 70.8 Å². The molecule has 0 aromatic heterocycles. The molecular formula is C23H22FNO4. The van der Waals surface area contributed by atoms with E-state index < -0.39 is 5.41 Å². The van der Waals surface area contributed by atoms with Crippen molar-refractivity contribution in [2.75, 3.05) is 12.8 Å². The molecule has 3 aromatic rings. The minimum Gasteiger partial charge on any atom is -0.468 e. The summed E-state index contributed by atoms with van der Waals surface area (Å²) in [7, 11) is 1.37. The highest BCUT2D eigenvalue weighted by molar-refractivity contribution is 5.82. The van der Waals surface area contributed by atoms with Crippen LogP contribution in [0.4, 0.5) is 10.1 Å². The number of nitrogen functional groups attached to an aromatic ring is 1. The van der Waals surface area contributed by atoms with E-state index in [-0.39, 0.29) is 11.8 Å². The second-order valence-corrected chi connectivity index (χ2v) is 7.04. The van der Waals surface area contributed by atoms with E-state index in [0.29, 0.717) is 28.7 Å². The molecule has 5 nitrogen and oxygen atoms in total. The van der Waals surface area contributed by atoms with Gasteiger partial charge < -0.3 is 19.9 Å². The number of carbonyl (C=O) groups is 1. The van der Waals surface area contributed by atoms with Crippen molar-refractivity contribution in [3.63, 3.8) is 0 Å². The van der Waals surface area contributed by atoms with E-state index in [1.165, 1.54) is 31.4 Å². The predicted octanol–water partition coefficient (Wildman–Crippen LogP) is 5.44. The van der Waals surface area contributed by atoms with Crippen LogP contribution in [0.15, 0.2) is 66.7 Å². The van der Waals surface area contributed by atoms with Crippen LogP contribution in [0.25, 0.3) is 0 Å². The van der Waals surface area contributed by atoms with E-state index in [1.807, 2.05) is 12.1 Å². The lowest BCUT2D eigenvalue weighted by Gasteiger charge is -2.22. The van der Waals surface area contributed by atoms with Crippen LogP contribution < -0.4 is 15.2 Å². The second kappa shape index (κ2) is 8.22. The van der Waals surface area contributed by atoms with Gasteiger partial charge in [-0.05, 0) is 55.8 Å². The van der Waals surface area contributed by atoms with Crippen LogP contribution in [0.3, 0.4) is 0 Å². The molecule has 0 aliphatic rings. The normalized spacial score (nSPS) is 11.0. The number of nitrogens with two attached hydrogens (primary N) is 1. The van der Waals surface area contributed by atoms with Gasteiger partial charge in [0.25, 0.3) is 0 Å². The van der Waals surface area contributed by atoms with Crippen molar-refractivity contribution in [3.8, 4) is 23.0 Å². The smallest absolute Gasteiger partial charge is 0.315 e. The maximum absolute atomic E-state index is 13.0. The van der Waals surface area contributed by atoms with E-state index in [1.54, 1.807) is 44.2 Å². The van der Waals surface area contributed by atoms with Gasteiger partial charge in [-0.2, -0.15) is 0 Å². The summed E-state index contributed by atoms with van der Waals surface area (Å²) in [6.45, 7) is 3.59. The number of halogens is 1. The standard InChI is InChI=1S/C23H22FNO4/c1-23(2,22(26)27-3)15-4-8-18(9-5-15)28-20-12-17(25)13-21(14-20)29-19-10-6-16(24)7-11-19/h4-14H,25H2,1-3H3. The predicted molar refractivity (Wildman–Crippen MR) is 109 cm³/mol. The van der Waals surface area contributed by atoms with Gasteiger partial charge in [0.05, 0.1) is 12.5 Å². The number of benzene rings is 3. The van der Waals surface area contributed by atoms with E-state index >= 15 is 0 Å². The highest BCUT2D eigenvalue weighted by atomic mass is 19.1. The Bertz CT molecular complexity index is 998. The van der Waals surface area contributed by atoms with Crippen LogP contribution in [-0.4, -0.2) is 13.1 Å². The Morgan fingerprint density at radius 3 is 1.79 bits per heavy atom. The molecule has 0 spiro atoms. The molecule has 0 amide bonds. The lowest BCUT2D eigenvalue weighted by atomic mass is 9.85. The van der Waals surface area contributed by atoms with Crippen molar-refractivity contribution < 1.29 is 23.4 Å². The molecule has 2 N–H and O–H groups in total. The summed E-state index contributed by atoms with van der Waals surface area (Å²) in [6.07, 6.45) is 0. The van der Waals surface area contributed by atoms with Gasteiger partial charge in [-0.3, -0.25) is 4.79 Å². The Labute approximate surface area is 168 Å². The third kappa shape index (κ3) is 4.85. The summed E-state index contributed by atoms with van der Waals surface area (Å²) in [5.41, 5.74) is 6.46. The van der Waals surface area contributed by atoms with E-state index in [0.717, 1.165) is 5.56 Å². The first-order valence-electron chi connectivity index (χ1n) is 8.99. The Morgan fingerprint density at radius 1 is 0.828 bits per heavy atom. The SMILES string of the molecule is COC(=O)C(C)(C)c1ccc(Oc2cc(N)cc(Oc3ccc(F)cc3)c2)cc1. The number of methoxy groups -OCH3 is 1. The molecule has 0 aliphatic carbocycles. The van der Waals surface area contributed by atoms with Gasteiger partial charge in [-0.25, -0.2) is 4.39 Å². The number of anilines is 1. The summed E-state index contributed by atoms with van der Waals surface area (Å²) in [4.78, 5) is 12.0. The van der Waals surface area contributed by atoms with Crippen molar-refractivity contribution in [2.45, 2.75) is 19.3 Å². The summed E-state index contributed by atoms with van der Waals surface area (Å²) >= 11 is 0. The van der Waals surface area contributed by atoms with Crippen molar-refractivity contribution in [2.24, 2.45) is 0 Å². The van der Waals surface area contributed by atoms with Crippen LogP contribution in [0.2, 0.25) is 0 Å². The van der Waals surface area contributed by atoms with Gasteiger partial charge in [0, 0.05) is 23.9 Å². The van der Waals surface area contributed by atoms with Crippen LogP contribution >= 0.6 is 0 Å². The fourth-order valence-corrected chi connectivity index (χ4v) is 2.80. The molecule has 0 heterocycles. The molecule has 0 radical (unpaired) electrons. The molecule has 6 heteroatoms. The third-order valence-electron chi connectivity index (χ3n) is 4.46. The van der Waals surface area contributed by atoms with Gasteiger partial charge in [0.15, 0.2) is 0 Å². The van der Waals surface area contributed by atoms with Gasteiger partial charge in [0.2, 0.25) is 0 Å². The molecule has 0 fully saturated rings. The quantitative estimate of drug-likeness (QED) is 0.444. The average molecular weight is 395 g/mol. The lowest BCUT2D eigenvalue weighted by Crippen LogP contribution is -2.30. The zero-order valence-corrected chi connectivity index (χ0v) is 16.4. The van der Waals surface area contributed by atoms with Gasteiger partial charge in [0.1, 0.15) is 28.8 Å². The Kier molecular flexibility index (Phi) is 5.73. The van der Waals surface area contributed by atoms with Crippen molar-refractivity contribution >= 4 is 11.7 Å².